The molecule has 0 bridgehead atoms. The van der Waals surface area contributed by atoms with E-state index in [0.29, 0.717) is 13.0 Å². The molecule has 1 amide bonds. The van der Waals surface area contributed by atoms with Crippen LogP contribution in [-0.2, 0) is 17.6 Å². The molecule has 0 fully saturated rings. The Balaban J connectivity index is 1.74. The van der Waals surface area contributed by atoms with Crippen molar-refractivity contribution >= 4 is 29.9 Å². The van der Waals surface area contributed by atoms with E-state index in [0.717, 1.165) is 27.6 Å². The fraction of sp³-hybridized carbons (Fsp3) is 0.286. The summed E-state index contributed by atoms with van der Waals surface area (Å²) in [6, 6.07) is 7.63. The van der Waals surface area contributed by atoms with E-state index in [4.69, 9.17) is 0 Å². The van der Waals surface area contributed by atoms with Crippen LogP contribution in [-0.4, -0.2) is 17.4 Å². The Morgan fingerprint density at radius 2 is 2.11 bits per heavy atom. The van der Waals surface area contributed by atoms with Gasteiger partial charge in [0.15, 0.2) is 0 Å². The number of rotatable bonds is 5. The van der Waals surface area contributed by atoms with E-state index in [1.165, 1.54) is 0 Å². The van der Waals surface area contributed by atoms with Crippen molar-refractivity contribution < 1.29 is 4.79 Å². The average Bonchev–Trinajstić information content (AvgIpc) is 2.78. The van der Waals surface area contributed by atoms with Crippen LogP contribution in [0.15, 0.2) is 34.5 Å². The summed E-state index contributed by atoms with van der Waals surface area (Å²) in [5.74, 6) is 0.0418. The second kappa shape index (κ2) is 6.73. The Morgan fingerprint density at radius 1 is 1.37 bits per heavy atom. The molecule has 0 radical (unpaired) electrons. The topological polar surface area (TPSA) is 42.0 Å². The van der Waals surface area contributed by atoms with Crippen LogP contribution in [0.3, 0.4) is 0 Å². The molecule has 2 rings (SSSR count). The van der Waals surface area contributed by atoms with E-state index in [2.05, 4.69) is 22.9 Å². The number of thiazole rings is 1. The van der Waals surface area contributed by atoms with Gasteiger partial charge in [0.25, 0.3) is 0 Å². The highest BCUT2D eigenvalue weighted by Gasteiger charge is 2.04. The Hall–Kier alpha value is -1.33. The summed E-state index contributed by atoms with van der Waals surface area (Å²) >= 11 is 5.85. The Morgan fingerprint density at radius 3 is 2.74 bits per heavy atom. The maximum Gasteiger partial charge on any atom is 0.224 e. The van der Waals surface area contributed by atoms with Crippen LogP contribution in [0, 0.1) is 6.92 Å². The van der Waals surface area contributed by atoms with Crippen molar-refractivity contribution in [3.05, 3.63) is 45.9 Å². The number of nitrogens with one attached hydrogen (secondary N) is 1. The maximum atomic E-state index is 11.7. The highest BCUT2D eigenvalue weighted by atomic mass is 32.1. The molecule has 0 saturated heterocycles. The quantitative estimate of drug-likeness (QED) is 0.832. The van der Waals surface area contributed by atoms with Gasteiger partial charge in [-0.2, -0.15) is 0 Å². The third-order valence-electron chi connectivity index (χ3n) is 2.63. The first-order valence-electron chi connectivity index (χ1n) is 6.09. The van der Waals surface area contributed by atoms with E-state index in [-0.39, 0.29) is 5.91 Å². The lowest BCUT2D eigenvalue weighted by molar-refractivity contribution is -0.120. The smallest absolute Gasteiger partial charge is 0.224 e. The van der Waals surface area contributed by atoms with Crippen molar-refractivity contribution in [3.8, 4) is 0 Å². The van der Waals surface area contributed by atoms with E-state index < -0.39 is 0 Å². The van der Waals surface area contributed by atoms with Gasteiger partial charge in [-0.05, 0) is 24.6 Å². The third-order valence-corrected chi connectivity index (χ3v) is 3.95. The van der Waals surface area contributed by atoms with E-state index in [1.807, 2.05) is 36.6 Å². The van der Waals surface area contributed by atoms with Crippen molar-refractivity contribution in [2.24, 2.45) is 0 Å². The monoisotopic (exact) mass is 292 g/mol. The van der Waals surface area contributed by atoms with Gasteiger partial charge < -0.3 is 5.32 Å². The molecule has 1 heterocycles. The molecular formula is C14H16N2OS2. The molecule has 0 spiro atoms. The molecule has 2 aromatic rings. The summed E-state index contributed by atoms with van der Waals surface area (Å²) < 4.78 is 0. The van der Waals surface area contributed by atoms with Gasteiger partial charge in [-0.15, -0.1) is 24.0 Å². The van der Waals surface area contributed by atoms with Crippen LogP contribution in [0.25, 0.3) is 0 Å². The fourth-order valence-corrected chi connectivity index (χ4v) is 2.61. The zero-order valence-electron chi connectivity index (χ0n) is 10.7. The van der Waals surface area contributed by atoms with E-state index in [9.17, 15) is 4.79 Å². The van der Waals surface area contributed by atoms with E-state index >= 15 is 0 Å². The van der Waals surface area contributed by atoms with Gasteiger partial charge in [0.1, 0.15) is 0 Å². The highest BCUT2D eigenvalue weighted by Crippen LogP contribution is 2.09. The van der Waals surface area contributed by atoms with Crippen LogP contribution in [0.4, 0.5) is 0 Å². The molecule has 100 valence electrons. The number of amides is 1. The molecule has 5 heteroatoms. The van der Waals surface area contributed by atoms with E-state index in [1.54, 1.807) is 11.3 Å². The summed E-state index contributed by atoms with van der Waals surface area (Å²) in [5, 5.41) is 6.00. The predicted molar refractivity (Wildman–Crippen MR) is 81.0 cm³/mol. The minimum Gasteiger partial charge on any atom is -0.355 e. The van der Waals surface area contributed by atoms with Gasteiger partial charge in [-0.3, -0.25) is 4.79 Å². The summed E-state index contributed by atoms with van der Waals surface area (Å²) in [7, 11) is 0. The molecule has 1 aromatic carbocycles. The minimum absolute atomic E-state index is 0.0418. The number of thiol groups is 1. The number of carbonyl (C=O) groups excluding carboxylic acids is 1. The molecule has 1 N–H and O–H groups in total. The zero-order chi connectivity index (χ0) is 13.7. The molecule has 3 nitrogen and oxygen atoms in total. The lowest BCUT2D eigenvalue weighted by atomic mass is 10.1. The second-order valence-electron chi connectivity index (χ2n) is 4.33. The maximum absolute atomic E-state index is 11.7. The lowest BCUT2D eigenvalue weighted by Crippen LogP contribution is -2.27. The summed E-state index contributed by atoms with van der Waals surface area (Å²) in [4.78, 5) is 17.0. The predicted octanol–water partition coefficient (Wildman–Crippen LogP) is 2.64. The summed E-state index contributed by atoms with van der Waals surface area (Å²) in [6.07, 6.45) is 1.20. The van der Waals surface area contributed by atoms with Crippen LogP contribution >= 0.6 is 24.0 Å². The van der Waals surface area contributed by atoms with Crippen LogP contribution in [0.5, 0.6) is 0 Å². The molecule has 0 aliphatic rings. The highest BCUT2D eigenvalue weighted by molar-refractivity contribution is 7.80. The number of aromatic nitrogens is 1. The SMILES string of the molecule is Cc1csc(CCNC(=O)Cc2ccc(S)cc2)n1. The van der Waals surface area contributed by atoms with Gasteiger partial charge in [-0.1, -0.05) is 12.1 Å². The first-order valence-corrected chi connectivity index (χ1v) is 7.42. The number of nitrogens with zero attached hydrogens (tertiary/aromatic N) is 1. The summed E-state index contributed by atoms with van der Waals surface area (Å²) in [6.45, 7) is 2.61. The second-order valence-corrected chi connectivity index (χ2v) is 5.78. The summed E-state index contributed by atoms with van der Waals surface area (Å²) in [5.41, 5.74) is 2.04. The van der Waals surface area contributed by atoms with Crippen molar-refractivity contribution in [2.75, 3.05) is 6.54 Å². The molecule has 0 aliphatic carbocycles. The third kappa shape index (κ3) is 4.69. The normalized spacial score (nSPS) is 10.4. The molecular weight excluding hydrogens is 276 g/mol. The van der Waals surface area contributed by atoms with Gasteiger partial charge in [0.2, 0.25) is 5.91 Å². The number of carbonyl (C=O) groups is 1. The zero-order valence-corrected chi connectivity index (χ0v) is 12.4. The van der Waals surface area contributed by atoms with Gasteiger partial charge >= 0.3 is 0 Å². The first-order chi connectivity index (χ1) is 9.13. The Labute approximate surface area is 122 Å². The minimum atomic E-state index is 0.0418. The number of aryl methyl sites for hydroxylation is 1. The molecule has 19 heavy (non-hydrogen) atoms. The van der Waals surface area contributed by atoms with Crippen LogP contribution in [0.2, 0.25) is 0 Å². The van der Waals surface area contributed by atoms with Gasteiger partial charge in [-0.25, -0.2) is 4.98 Å². The van der Waals surface area contributed by atoms with Crippen molar-refractivity contribution in [1.29, 1.82) is 0 Å². The standard InChI is InChI=1S/C14H16N2OS2/c1-10-9-19-14(16-10)6-7-15-13(17)8-11-2-4-12(18)5-3-11/h2-5,9,18H,6-8H2,1H3,(H,15,17). The van der Waals surface area contributed by atoms with Gasteiger partial charge in [0, 0.05) is 28.9 Å². The largest absolute Gasteiger partial charge is 0.355 e. The van der Waals surface area contributed by atoms with Crippen LogP contribution in [0.1, 0.15) is 16.3 Å². The molecule has 0 atom stereocenters. The van der Waals surface area contributed by atoms with Crippen molar-refractivity contribution in [1.82, 2.24) is 10.3 Å². The van der Waals surface area contributed by atoms with Crippen molar-refractivity contribution in [3.63, 3.8) is 0 Å². The molecule has 0 saturated carbocycles. The Bertz CT molecular complexity index is 549. The molecule has 0 aliphatic heterocycles. The van der Waals surface area contributed by atoms with Gasteiger partial charge in [0.05, 0.1) is 11.4 Å². The van der Waals surface area contributed by atoms with Crippen molar-refractivity contribution in [2.45, 2.75) is 24.7 Å². The lowest BCUT2D eigenvalue weighted by Gasteiger charge is -2.04. The average molecular weight is 292 g/mol. The number of hydrogen-bond acceptors (Lipinski definition) is 4. The number of hydrogen-bond donors (Lipinski definition) is 2. The molecule has 1 aromatic heterocycles. The Kier molecular flexibility index (Phi) is 4.99. The van der Waals surface area contributed by atoms with Crippen LogP contribution < -0.4 is 5.32 Å². The number of benzene rings is 1. The molecule has 0 unspecified atom stereocenters. The first kappa shape index (κ1) is 14.1. The fourth-order valence-electron chi connectivity index (χ4n) is 1.69.